The molecule has 5 nitrogen and oxygen atoms in total. The number of piperidine rings is 1. The summed E-state index contributed by atoms with van der Waals surface area (Å²) in [6, 6.07) is 16.0. The second kappa shape index (κ2) is 7.94. The first-order valence-electron chi connectivity index (χ1n) is 8.54. The zero-order valence-corrected chi connectivity index (χ0v) is 14.0. The third-order valence-corrected chi connectivity index (χ3v) is 4.59. The van der Waals surface area contributed by atoms with E-state index in [0.717, 1.165) is 12.8 Å². The minimum absolute atomic E-state index is 0.00248. The summed E-state index contributed by atoms with van der Waals surface area (Å²) in [6.07, 6.45) is 1.68. The van der Waals surface area contributed by atoms with Crippen LogP contribution in [0.25, 0.3) is 0 Å². The number of hydrogen-bond donors (Lipinski definition) is 2. The molecule has 25 heavy (non-hydrogen) atoms. The number of carbonyl (C=O) groups is 2. The first-order valence-corrected chi connectivity index (χ1v) is 8.54. The molecule has 1 aliphatic rings. The van der Waals surface area contributed by atoms with Crippen LogP contribution in [-0.4, -0.2) is 41.5 Å². The fourth-order valence-corrected chi connectivity index (χ4v) is 2.99. The number of amides is 2. The Morgan fingerprint density at radius 2 is 1.60 bits per heavy atom. The van der Waals surface area contributed by atoms with Gasteiger partial charge in [0.2, 0.25) is 0 Å². The summed E-state index contributed by atoms with van der Waals surface area (Å²) in [5.74, 6) is 0.128. The van der Waals surface area contributed by atoms with Crippen LogP contribution < -0.4 is 5.32 Å². The van der Waals surface area contributed by atoms with Crippen molar-refractivity contribution in [1.82, 2.24) is 4.90 Å². The molecule has 0 bridgehead atoms. The fraction of sp³-hybridized carbons (Fsp3) is 0.300. The van der Waals surface area contributed by atoms with Gasteiger partial charge in [-0.1, -0.05) is 18.2 Å². The fourth-order valence-electron chi connectivity index (χ4n) is 2.99. The molecular formula is C20H22N2O3. The molecule has 1 aliphatic heterocycles. The molecule has 2 amide bonds. The number of anilines is 1. The largest absolute Gasteiger partial charge is 0.396 e. The highest BCUT2D eigenvalue weighted by Gasteiger charge is 2.23. The monoisotopic (exact) mass is 338 g/mol. The molecule has 2 N–H and O–H groups in total. The van der Waals surface area contributed by atoms with Crippen molar-refractivity contribution in [2.75, 3.05) is 25.0 Å². The predicted octanol–water partition coefficient (Wildman–Crippen LogP) is 2.78. The van der Waals surface area contributed by atoms with Gasteiger partial charge in [-0.2, -0.15) is 0 Å². The lowest BCUT2D eigenvalue weighted by Gasteiger charge is -2.31. The number of aliphatic hydroxyl groups is 1. The van der Waals surface area contributed by atoms with E-state index in [4.69, 9.17) is 0 Å². The molecule has 5 heteroatoms. The molecule has 0 saturated carbocycles. The molecule has 0 aromatic heterocycles. The second-order valence-electron chi connectivity index (χ2n) is 6.32. The molecule has 0 spiro atoms. The van der Waals surface area contributed by atoms with Crippen LogP contribution in [0.2, 0.25) is 0 Å². The molecule has 2 aromatic rings. The number of nitrogens with zero attached hydrogens (tertiary/aromatic N) is 1. The number of benzene rings is 2. The molecule has 130 valence electrons. The molecule has 1 fully saturated rings. The first-order chi connectivity index (χ1) is 12.2. The van der Waals surface area contributed by atoms with Gasteiger partial charge in [0.15, 0.2) is 0 Å². The SMILES string of the molecule is O=C(Nc1ccc(C(=O)N2CCC(CO)CC2)cc1)c1ccccc1. The highest BCUT2D eigenvalue weighted by Crippen LogP contribution is 2.19. The summed E-state index contributed by atoms with van der Waals surface area (Å²) < 4.78 is 0. The van der Waals surface area contributed by atoms with Crippen LogP contribution in [-0.2, 0) is 0 Å². The Labute approximate surface area is 147 Å². The normalized spacial score (nSPS) is 15.0. The summed E-state index contributed by atoms with van der Waals surface area (Å²) >= 11 is 0. The van der Waals surface area contributed by atoms with Crippen LogP contribution in [0.4, 0.5) is 5.69 Å². The van der Waals surface area contributed by atoms with E-state index in [1.165, 1.54) is 0 Å². The zero-order valence-electron chi connectivity index (χ0n) is 14.0. The smallest absolute Gasteiger partial charge is 0.255 e. The molecule has 0 aliphatic carbocycles. The van der Waals surface area contributed by atoms with Crippen molar-refractivity contribution in [1.29, 1.82) is 0 Å². The molecule has 0 unspecified atom stereocenters. The van der Waals surface area contributed by atoms with E-state index in [9.17, 15) is 14.7 Å². The number of nitrogens with one attached hydrogen (secondary N) is 1. The highest BCUT2D eigenvalue weighted by atomic mass is 16.3. The number of hydrogen-bond acceptors (Lipinski definition) is 3. The summed E-state index contributed by atoms with van der Waals surface area (Å²) in [7, 11) is 0. The maximum Gasteiger partial charge on any atom is 0.255 e. The van der Waals surface area contributed by atoms with Gasteiger partial charge in [-0.05, 0) is 55.2 Å². The maximum atomic E-state index is 12.5. The van der Waals surface area contributed by atoms with Gasteiger partial charge in [0.25, 0.3) is 11.8 Å². The van der Waals surface area contributed by atoms with Crippen molar-refractivity contribution >= 4 is 17.5 Å². The molecule has 1 heterocycles. The van der Waals surface area contributed by atoms with Crippen molar-refractivity contribution in [3.63, 3.8) is 0 Å². The number of carbonyl (C=O) groups excluding carboxylic acids is 2. The quantitative estimate of drug-likeness (QED) is 0.901. The van der Waals surface area contributed by atoms with E-state index in [1.54, 1.807) is 36.4 Å². The summed E-state index contributed by atoms with van der Waals surface area (Å²) in [6.45, 7) is 1.55. The Hall–Kier alpha value is -2.66. The molecule has 1 saturated heterocycles. The topological polar surface area (TPSA) is 69.6 Å². The third kappa shape index (κ3) is 4.25. The lowest BCUT2D eigenvalue weighted by atomic mass is 9.97. The van der Waals surface area contributed by atoms with Crippen LogP contribution in [0.5, 0.6) is 0 Å². The maximum absolute atomic E-state index is 12.5. The zero-order chi connectivity index (χ0) is 17.6. The van der Waals surface area contributed by atoms with Crippen molar-refractivity contribution < 1.29 is 14.7 Å². The number of likely N-dealkylation sites (tertiary alicyclic amines) is 1. The highest BCUT2D eigenvalue weighted by molar-refractivity contribution is 6.04. The van der Waals surface area contributed by atoms with Crippen LogP contribution in [0, 0.1) is 5.92 Å². The van der Waals surface area contributed by atoms with Crippen molar-refractivity contribution in [3.05, 3.63) is 65.7 Å². The van der Waals surface area contributed by atoms with Gasteiger partial charge in [0.1, 0.15) is 0 Å². The Kier molecular flexibility index (Phi) is 5.46. The Morgan fingerprint density at radius 3 is 2.20 bits per heavy atom. The molecule has 0 atom stereocenters. The van der Waals surface area contributed by atoms with Crippen LogP contribution in [0.3, 0.4) is 0 Å². The van der Waals surface area contributed by atoms with Crippen LogP contribution >= 0.6 is 0 Å². The molecular weight excluding hydrogens is 316 g/mol. The van der Waals surface area contributed by atoms with E-state index in [0.29, 0.717) is 35.8 Å². The molecule has 3 rings (SSSR count). The number of rotatable bonds is 4. The van der Waals surface area contributed by atoms with E-state index < -0.39 is 0 Å². The summed E-state index contributed by atoms with van der Waals surface area (Å²) in [5.41, 5.74) is 1.86. The van der Waals surface area contributed by atoms with Crippen LogP contribution in [0.15, 0.2) is 54.6 Å². The van der Waals surface area contributed by atoms with E-state index >= 15 is 0 Å². The van der Waals surface area contributed by atoms with E-state index in [1.807, 2.05) is 23.1 Å². The van der Waals surface area contributed by atoms with Gasteiger partial charge >= 0.3 is 0 Å². The first kappa shape index (κ1) is 17.2. The van der Waals surface area contributed by atoms with Gasteiger partial charge in [-0.15, -0.1) is 0 Å². The molecule has 0 radical (unpaired) electrons. The van der Waals surface area contributed by atoms with Gasteiger partial charge in [-0.25, -0.2) is 0 Å². The molecule has 2 aromatic carbocycles. The van der Waals surface area contributed by atoms with Gasteiger partial charge in [-0.3, -0.25) is 9.59 Å². The lowest BCUT2D eigenvalue weighted by Crippen LogP contribution is -2.39. The van der Waals surface area contributed by atoms with Crippen molar-refractivity contribution in [3.8, 4) is 0 Å². The standard InChI is InChI=1S/C20H22N2O3/c23-14-15-10-12-22(13-11-15)20(25)17-6-8-18(9-7-17)21-19(24)16-4-2-1-3-5-16/h1-9,15,23H,10-14H2,(H,21,24). The van der Waals surface area contributed by atoms with Crippen LogP contribution in [0.1, 0.15) is 33.6 Å². The van der Waals surface area contributed by atoms with Gasteiger partial charge in [0.05, 0.1) is 0 Å². The second-order valence-corrected chi connectivity index (χ2v) is 6.32. The van der Waals surface area contributed by atoms with E-state index in [-0.39, 0.29) is 18.4 Å². The average molecular weight is 338 g/mol. The summed E-state index contributed by atoms with van der Waals surface area (Å²) in [5, 5.41) is 12.0. The third-order valence-electron chi connectivity index (χ3n) is 4.59. The minimum atomic E-state index is -0.175. The summed E-state index contributed by atoms with van der Waals surface area (Å²) in [4.78, 5) is 26.5. The Balaban J connectivity index is 1.60. The van der Waals surface area contributed by atoms with Gasteiger partial charge < -0.3 is 15.3 Å². The lowest BCUT2D eigenvalue weighted by molar-refractivity contribution is 0.0651. The Bertz CT molecular complexity index is 720. The Morgan fingerprint density at radius 1 is 0.960 bits per heavy atom. The minimum Gasteiger partial charge on any atom is -0.396 e. The average Bonchev–Trinajstić information content (AvgIpc) is 2.69. The number of aliphatic hydroxyl groups excluding tert-OH is 1. The van der Waals surface area contributed by atoms with Gasteiger partial charge in [0, 0.05) is 36.5 Å². The van der Waals surface area contributed by atoms with E-state index in [2.05, 4.69) is 5.32 Å². The predicted molar refractivity (Wildman–Crippen MR) is 96.6 cm³/mol. The van der Waals surface area contributed by atoms with Crippen molar-refractivity contribution in [2.24, 2.45) is 5.92 Å². The van der Waals surface area contributed by atoms with Crippen molar-refractivity contribution in [2.45, 2.75) is 12.8 Å².